The largest absolute Gasteiger partial charge is 0.271 e. The van der Waals surface area contributed by atoms with Gasteiger partial charge in [0, 0.05) is 6.21 Å². The van der Waals surface area contributed by atoms with Crippen LogP contribution >= 0.6 is 11.8 Å². The average Bonchev–Trinajstić information content (AvgIpc) is 2.79. The zero-order chi connectivity index (χ0) is 15.2. The molecule has 1 fully saturated rings. The molecule has 5 heteroatoms. The fourth-order valence-corrected chi connectivity index (χ4v) is 2.76. The van der Waals surface area contributed by atoms with Crippen LogP contribution in [0.15, 0.2) is 34.4 Å². The molecular weight excluding hydrogens is 282 g/mol. The predicted molar refractivity (Wildman–Crippen MR) is 90.2 cm³/mol. The predicted octanol–water partition coefficient (Wildman–Crippen LogP) is 3.84. The number of hydrogen-bond donors (Lipinski definition) is 0. The number of hydrogen-bond acceptors (Lipinski definition) is 4. The highest BCUT2D eigenvalue weighted by molar-refractivity contribution is 8.15. The van der Waals surface area contributed by atoms with Gasteiger partial charge >= 0.3 is 0 Å². The second-order valence-electron chi connectivity index (χ2n) is 5.28. The fraction of sp³-hybridized carbons (Fsp3) is 0.438. The van der Waals surface area contributed by atoms with E-state index in [0.29, 0.717) is 16.8 Å². The summed E-state index contributed by atoms with van der Waals surface area (Å²) in [5.41, 5.74) is 2.14. The number of benzene rings is 1. The summed E-state index contributed by atoms with van der Waals surface area (Å²) in [6, 6.07) is 8.08. The Balaban J connectivity index is 2.29. The van der Waals surface area contributed by atoms with Gasteiger partial charge in [0.15, 0.2) is 5.17 Å². The van der Waals surface area contributed by atoms with Crippen molar-refractivity contribution in [1.82, 2.24) is 5.01 Å². The first-order valence-corrected chi connectivity index (χ1v) is 8.26. The molecule has 1 aromatic rings. The minimum Gasteiger partial charge on any atom is -0.271 e. The van der Waals surface area contributed by atoms with Crippen LogP contribution in [-0.4, -0.2) is 28.1 Å². The lowest BCUT2D eigenvalue weighted by atomic mass is 10.1. The summed E-state index contributed by atoms with van der Waals surface area (Å²) in [6.07, 6.45) is 3.83. The lowest BCUT2D eigenvalue weighted by molar-refractivity contribution is -0.124. The van der Waals surface area contributed by atoms with E-state index in [0.717, 1.165) is 18.5 Å². The Morgan fingerprint density at radius 1 is 1.38 bits per heavy atom. The SMILES string of the molecule is CCCc1ccccc1/N=C1\SCC(=O)N1/N=C/C(C)C. The first-order chi connectivity index (χ1) is 10.1. The fourth-order valence-electron chi connectivity index (χ4n) is 1.95. The number of amides is 1. The molecule has 0 spiro atoms. The Morgan fingerprint density at radius 2 is 2.14 bits per heavy atom. The minimum absolute atomic E-state index is 0.0105. The van der Waals surface area contributed by atoms with Crippen molar-refractivity contribution in [2.75, 3.05) is 5.75 Å². The van der Waals surface area contributed by atoms with E-state index in [9.17, 15) is 4.79 Å². The normalized spacial score (nSPS) is 17.6. The first kappa shape index (κ1) is 15.8. The summed E-state index contributed by atoms with van der Waals surface area (Å²) in [6.45, 7) is 6.21. The minimum atomic E-state index is -0.0105. The van der Waals surface area contributed by atoms with Crippen molar-refractivity contribution >= 4 is 34.7 Å². The third-order valence-electron chi connectivity index (χ3n) is 2.95. The second kappa shape index (κ2) is 7.41. The Kier molecular flexibility index (Phi) is 5.56. The number of amidine groups is 1. The van der Waals surface area contributed by atoms with Gasteiger partial charge in [0.25, 0.3) is 5.91 Å². The molecule has 0 atom stereocenters. The Hall–Kier alpha value is -1.62. The van der Waals surface area contributed by atoms with E-state index >= 15 is 0 Å². The van der Waals surface area contributed by atoms with Crippen molar-refractivity contribution in [3.05, 3.63) is 29.8 Å². The van der Waals surface area contributed by atoms with E-state index in [2.05, 4.69) is 23.1 Å². The zero-order valence-electron chi connectivity index (χ0n) is 12.7. The Bertz CT molecular complexity index is 566. The highest BCUT2D eigenvalue weighted by Crippen LogP contribution is 2.27. The zero-order valence-corrected chi connectivity index (χ0v) is 13.6. The van der Waals surface area contributed by atoms with Crippen LogP contribution in [0, 0.1) is 5.92 Å². The van der Waals surface area contributed by atoms with Crippen LogP contribution in [0.25, 0.3) is 0 Å². The van der Waals surface area contributed by atoms with Gasteiger partial charge in [0.2, 0.25) is 0 Å². The van der Waals surface area contributed by atoms with E-state index < -0.39 is 0 Å². The molecule has 21 heavy (non-hydrogen) atoms. The van der Waals surface area contributed by atoms with Gasteiger partial charge in [-0.3, -0.25) is 4.79 Å². The topological polar surface area (TPSA) is 45.0 Å². The van der Waals surface area contributed by atoms with Crippen LogP contribution in [0.5, 0.6) is 0 Å². The molecule has 1 aliphatic heterocycles. The van der Waals surface area contributed by atoms with Crippen molar-refractivity contribution in [1.29, 1.82) is 0 Å². The van der Waals surface area contributed by atoms with Gasteiger partial charge in [0.05, 0.1) is 11.4 Å². The van der Waals surface area contributed by atoms with Crippen LogP contribution in [-0.2, 0) is 11.2 Å². The molecule has 1 aromatic carbocycles. The van der Waals surface area contributed by atoms with E-state index in [1.807, 2.05) is 32.0 Å². The third kappa shape index (κ3) is 4.17. The lowest BCUT2D eigenvalue weighted by Crippen LogP contribution is -2.24. The molecular formula is C16H21N3OS. The molecule has 0 aliphatic carbocycles. The van der Waals surface area contributed by atoms with Crippen LogP contribution in [0.2, 0.25) is 0 Å². The Labute approximate surface area is 130 Å². The van der Waals surface area contributed by atoms with Gasteiger partial charge in [-0.1, -0.05) is 57.2 Å². The summed E-state index contributed by atoms with van der Waals surface area (Å²) in [4.78, 5) is 16.6. The van der Waals surface area contributed by atoms with E-state index in [1.165, 1.54) is 22.3 Å². The van der Waals surface area contributed by atoms with Crippen molar-refractivity contribution < 1.29 is 4.79 Å². The number of thioether (sulfide) groups is 1. The van der Waals surface area contributed by atoms with E-state index in [1.54, 1.807) is 6.21 Å². The summed E-state index contributed by atoms with van der Waals surface area (Å²) in [5, 5.41) is 6.36. The number of aliphatic imine (C=N–C) groups is 1. The molecule has 4 nitrogen and oxygen atoms in total. The summed E-state index contributed by atoms with van der Waals surface area (Å²) >= 11 is 1.44. The summed E-state index contributed by atoms with van der Waals surface area (Å²) in [5.74, 6) is 0.699. The van der Waals surface area contributed by atoms with Gasteiger partial charge in [-0.25, -0.2) is 4.99 Å². The molecule has 0 bridgehead atoms. The smallest absolute Gasteiger partial charge is 0.259 e. The molecule has 0 saturated carbocycles. The highest BCUT2D eigenvalue weighted by atomic mass is 32.2. The molecule has 0 unspecified atom stereocenters. The molecule has 0 radical (unpaired) electrons. The van der Waals surface area contributed by atoms with Gasteiger partial charge in [-0.15, -0.1) is 0 Å². The van der Waals surface area contributed by atoms with Crippen molar-refractivity contribution in [3.8, 4) is 0 Å². The number of rotatable bonds is 5. The van der Waals surface area contributed by atoms with Gasteiger partial charge in [0.1, 0.15) is 0 Å². The quantitative estimate of drug-likeness (QED) is 0.776. The lowest BCUT2D eigenvalue weighted by Gasteiger charge is -2.11. The standard InChI is InChI=1S/C16H21N3OS/c1-4-7-13-8-5-6-9-14(13)18-16-19(15(20)11-21-16)17-10-12(2)3/h5-6,8-10,12H,4,7,11H2,1-3H3/b17-10+,18-16-. The molecule has 112 valence electrons. The molecule has 1 saturated heterocycles. The molecule has 1 aliphatic rings. The van der Waals surface area contributed by atoms with Crippen LogP contribution in [0.4, 0.5) is 5.69 Å². The average molecular weight is 303 g/mol. The maximum absolute atomic E-state index is 11.9. The monoisotopic (exact) mass is 303 g/mol. The van der Waals surface area contributed by atoms with Crippen molar-refractivity contribution in [2.45, 2.75) is 33.6 Å². The number of carbonyl (C=O) groups is 1. The first-order valence-electron chi connectivity index (χ1n) is 7.28. The number of nitrogens with zero attached hydrogens (tertiary/aromatic N) is 3. The van der Waals surface area contributed by atoms with Gasteiger partial charge < -0.3 is 0 Å². The molecule has 1 amide bonds. The van der Waals surface area contributed by atoms with Crippen LogP contribution in [0.1, 0.15) is 32.8 Å². The number of hydrazone groups is 1. The van der Waals surface area contributed by atoms with Gasteiger partial charge in [-0.2, -0.15) is 10.1 Å². The van der Waals surface area contributed by atoms with E-state index in [4.69, 9.17) is 0 Å². The second-order valence-corrected chi connectivity index (χ2v) is 6.22. The molecule has 2 rings (SSSR count). The summed E-state index contributed by atoms with van der Waals surface area (Å²) in [7, 11) is 0. The highest BCUT2D eigenvalue weighted by Gasteiger charge is 2.28. The van der Waals surface area contributed by atoms with Crippen LogP contribution < -0.4 is 0 Å². The maximum atomic E-state index is 11.9. The maximum Gasteiger partial charge on any atom is 0.259 e. The van der Waals surface area contributed by atoms with E-state index in [-0.39, 0.29) is 5.91 Å². The van der Waals surface area contributed by atoms with Crippen molar-refractivity contribution in [2.24, 2.45) is 16.0 Å². The number of carbonyl (C=O) groups excluding carboxylic acids is 1. The van der Waals surface area contributed by atoms with Crippen molar-refractivity contribution in [3.63, 3.8) is 0 Å². The number of aryl methyl sites for hydroxylation is 1. The third-order valence-corrected chi connectivity index (χ3v) is 3.86. The molecule has 1 heterocycles. The molecule has 0 aromatic heterocycles. The Morgan fingerprint density at radius 3 is 2.86 bits per heavy atom. The summed E-state index contributed by atoms with van der Waals surface area (Å²) < 4.78 is 0. The van der Waals surface area contributed by atoms with Gasteiger partial charge in [-0.05, 0) is 24.0 Å². The molecule has 0 N–H and O–H groups in total. The number of para-hydroxylation sites is 1. The van der Waals surface area contributed by atoms with Crippen LogP contribution in [0.3, 0.4) is 0 Å².